The molecule has 2 aromatic rings. The molecule has 0 bridgehead atoms. The lowest BCUT2D eigenvalue weighted by molar-refractivity contribution is 0.0168. The van der Waals surface area contributed by atoms with Crippen molar-refractivity contribution < 1.29 is 9.47 Å². The summed E-state index contributed by atoms with van der Waals surface area (Å²) in [6, 6.07) is 8.17. The van der Waals surface area contributed by atoms with Crippen LogP contribution in [0.3, 0.4) is 0 Å². The first-order valence-electron chi connectivity index (χ1n) is 9.43. The first-order valence-corrected chi connectivity index (χ1v) is 9.43. The van der Waals surface area contributed by atoms with Gasteiger partial charge in [0.25, 0.3) is 0 Å². The van der Waals surface area contributed by atoms with Crippen LogP contribution in [0.2, 0.25) is 0 Å². The van der Waals surface area contributed by atoms with Crippen LogP contribution in [0, 0.1) is 0 Å². The Morgan fingerprint density at radius 1 is 1.33 bits per heavy atom. The van der Waals surface area contributed by atoms with E-state index in [2.05, 4.69) is 37.8 Å². The van der Waals surface area contributed by atoms with E-state index in [1.54, 1.807) is 18.1 Å². The molecule has 1 fully saturated rings. The van der Waals surface area contributed by atoms with Gasteiger partial charge < -0.3 is 20.1 Å². The molecule has 0 saturated carbocycles. The van der Waals surface area contributed by atoms with E-state index in [1.165, 1.54) is 11.9 Å². The smallest absolute Gasteiger partial charge is 0.191 e. The minimum Gasteiger partial charge on any atom is -0.379 e. The predicted octanol–water partition coefficient (Wildman–Crippen LogP) is 1.52. The zero-order valence-corrected chi connectivity index (χ0v) is 15.8. The standard InChI is InChI=1S/C19H28N6O2/c1-20-19(22-9-3-10-26-13-18-4-2-11-27-18)23-12-16-5-7-17(8-6-16)25-15-21-14-24-25/h5-8,14-15,18H,2-4,9-13H2,1H3,(H2,20,22,23). The predicted molar refractivity (Wildman–Crippen MR) is 104 cm³/mol. The number of ether oxygens (including phenoxy) is 2. The Morgan fingerprint density at radius 2 is 2.22 bits per heavy atom. The summed E-state index contributed by atoms with van der Waals surface area (Å²) in [5, 5.41) is 10.8. The number of nitrogens with one attached hydrogen (secondary N) is 2. The monoisotopic (exact) mass is 372 g/mol. The lowest BCUT2D eigenvalue weighted by atomic mass is 10.2. The second-order valence-electron chi connectivity index (χ2n) is 6.42. The highest BCUT2D eigenvalue weighted by atomic mass is 16.5. The molecule has 1 atom stereocenters. The fourth-order valence-corrected chi connectivity index (χ4v) is 2.89. The van der Waals surface area contributed by atoms with Gasteiger partial charge in [-0.2, -0.15) is 5.10 Å². The van der Waals surface area contributed by atoms with E-state index in [-0.39, 0.29) is 0 Å². The van der Waals surface area contributed by atoms with Crippen molar-refractivity contribution in [3.05, 3.63) is 42.5 Å². The molecular formula is C19H28N6O2. The number of hydrogen-bond acceptors (Lipinski definition) is 5. The third kappa shape index (κ3) is 6.33. The fraction of sp³-hybridized carbons (Fsp3) is 0.526. The van der Waals surface area contributed by atoms with E-state index < -0.39 is 0 Å². The maximum Gasteiger partial charge on any atom is 0.191 e. The minimum atomic E-state index is 0.295. The molecule has 8 nitrogen and oxygen atoms in total. The van der Waals surface area contributed by atoms with E-state index >= 15 is 0 Å². The molecule has 1 unspecified atom stereocenters. The van der Waals surface area contributed by atoms with Crippen molar-refractivity contribution >= 4 is 5.96 Å². The van der Waals surface area contributed by atoms with Crippen LogP contribution in [0.25, 0.3) is 5.69 Å². The molecule has 2 N–H and O–H groups in total. The normalized spacial score (nSPS) is 17.2. The van der Waals surface area contributed by atoms with Gasteiger partial charge in [0.1, 0.15) is 12.7 Å². The van der Waals surface area contributed by atoms with E-state index in [0.29, 0.717) is 19.3 Å². The summed E-state index contributed by atoms with van der Waals surface area (Å²) in [6.07, 6.45) is 6.71. The van der Waals surface area contributed by atoms with Gasteiger partial charge in [0, 0.05) is 33.4 Å². The average Bonchev–Trinajstić information content (AvgIpc) is 3.41. The van der Waals surface area contributed by atoms with Crippen LogP contribution in [0.1, 0.15) is 24.8 Å². The van der Waals surface area contributed by atoms with Gasteiger partial charge >= 0.3 is 0 Å². The summed E-state index contributed by atoms with van der Waals surface area (Å²) in [6.45, 7) is 3.83. The number of guanidine groups is 1. The van der Waals surface area contributed by atoms with E-state index in [1.807, 2.05) is 12.1 Å². The number of aliphatic imine (C=N–C) groups is 1. The molecule has 146 valence electrons. The van der Waals surface area contributed by atoms with E-state index in [0.717, 1.165) is 50.7 Å². The largest absolute Gasteiger partial charge is 0.379 e. The summed E-state index contributed by atoms with van der Waals surface area (Å²) < 4.78 is 12.9. The Balaban J connectivity index is 1.30. The van der Waals surface area contributed by atoms with Crippen molar-refractivity contribution in [1.82, 2.24) is 25.4 Å². The average molecular weight is 372 g/mol. The number of nitrogens with zero attached hydrogens (tertiary/aromatic N) is 4. The van der Waals surface area contributed by atoms with Crippen molar-refractivity contribution in [3.8, 4) is 5.69 Å². The second kappa shape index (κ2) is 10.6. The van der Waals surface area contributed by atoms with Gasteiger partial charge in [0.05, 0.1) is 18.4 Å². The Labute approximate surface area is 160 Å². The highest BCUT2D eigenvalue weighted by Crippen LogP contribution is 2.11. The summed E-state index contributed by atoms with van der Waals surface area (Å²) in [7, 11) is 1.77. The Bertz CT molecular complexity index is 681. The summed E-state index contributed by atoms with van der Waals surface area (Å²) >= 11 is 0. The van der Waals surface area contributed by atoms with Gasteiger partial charge in [-0.25, -0.2) is 9.67 Å². The molecule has 27 heavy (non-hydrogen) atoms. The lowest BCUT2D eigenvalue weighted by Gasteiger charge is -2.13. The number of rotatable bonds is 9. The van der Waals surface area contributed by atoms with Gasteiger partial charge in [0.2, 0.25) is 0 Å². The molecule has 1 saturated heterocycles. The molecule has 1 aliphatic rings. The topological polar surface area (TPSA) is 85.6 Å². The Hall–Kier alpha value is -2.45. The summed E-state index contributed by atoms with van der Waals surface area (Å²) in [5.41, 5.74) is 2.16. The minimum absolute atomic E-state index is 0.295. The quantitative estimate of drug-likeness (QED) is 0.394. The first kappa shape index (κ1) is 19.3. The van der Waals surface area contributed by atoms with Gasteiger partial charge in [-0.1, -0.05) is 12.1 Å². The highest BCUT2D eigenvalue weighted by Gasteiger charge is 2.14. The molecule has 0 amide bonds. The Morgan fingerprint density at radius 3 is 2.93 bits per heavy atom. The molecule has 0 aliphatic carbocycles. The number of benzene rings is 1. The van der Waals surface area contributed by atoms with Crippen molar-refractivity contribution in [1.29, 1.82) is 0 Å². The molecule has 8 heteroatoms. The van der Waals surface area contributed by atoms with Crippen LogP contribution in [-0.4, -0.2) is 60.2 Å². The third-order valence-electron chi connectivity index (χ3n) is 4.39. The zero-order valence-electron chi connectivity index (χ0n) is 15.8. The van der Waals surface area contributed by atoms with Crippen LogP contribution in [0.4, 0.5) is 0 Å². The number of aromatic nitrogens is 3. The van der Waals surface area contributed by atoms with Crippen LogP contribution in [0.15, 0.2) is 41.9 Å². The maximum atomic E-state index is 5.67. The molecule has 3 rings (SSSR count). The van der Waals surface area contributed by atoms with Crippen molar-refractivity contribution in [2.24, 2.45) is 4.99 Å². The lowest BCUT2D eigenvalue weighted by Crippen LogP contribution is -2.37. The van der Waals surface area contributed by atoms with Crippen molar-refractivity contribution in [2.75, 3.05) is 33.4 Å². The second-order valence-corrected chi connectivity index (χ2v) is 6.42. The van der Waals surface area contributed by atoms with Crippen LogP contribution >= 0.6 is 0 Å². The van der Waals surface area contributed by atoms with Crippen LogP contribution in [0.5, 0.6) is 0 Å². The van der Waals surface area contributed by atoms with Gasteiger partial charge in [-0.05, 0) is 37.0 Å². The van der Waals surface area contributed by atoms with E-state index in [9.17, 15) is 0 Å². The maximum absolute atomic E-state index is 5.67. The highest BCUT2D eigenvalue weighted by molar-refractivity contribution is 5.79. The van der Waals surface area contributed by atoms with Gasteiger partial charge in [-0.3, -0.25) is 4.99 Å². The molecule has 0 radical (unpaired) electrons. The SMILES string of the molecule is CN=C(NCCCOCC1CCCO1)NCc1ccc(-n2cncn2)cc1. The van der Waals surface area contributed by atoms with Crippen molar-refractivity contribution in [3.63, 3.8) is 0 Å². The summed E-state index contributed by atoms with van der Waals surface area (Å²) in [4.78, 5) is 8.21. The van der Waals surface area contributed by atoms with Crippen LogP contribution < -0.4 is 10.6 Å². The van der Waals surface area contributed by atoms with Crippen LogP contribution in [-0.2, 0) is 16.0 Å². The van der Waals surface area contributed by atoms with Gasteiger partial charge in [-0.15, -0.1) is 0 Å². The Kier molecular flexibility index (Phi) is 7.61. The molecule has 0 spiro atoms. The fourth-order valence-electron chi connectivity index (χ4n) is 2.89. The number of hydrogen-bond donors (Lipinski definition) is 2. The zero-order chi connectivity index (χ0) is 18.7. The molecule has 1 aliphatic heterocycles. The van der Waals surface area contributed by atoms with Gasteiger partial charge in [0.15, 0.2) is 5.96 Å². The summed E-state index contributed by atoms with van der Waals surface area (Å²) in [5.74, 6) is 0.787. The molecule has 1 aromatic carbocycles. The molecular weight excluding hydrogens is 344 g/mol. The van der Waals surface area contributed by atoms with Crippen molar-refractivity contribution in [2.45, 2.75) is 31.9 Å². The van der Waals surface area contributed by atoms with E-state index in [4.69, 9.17) is 9.47 Å². The first-order chi connectivity index (χ1) is 13.3. The molecule has 1 aromatic heterocycles. The third-order valence-corrected chi connectivity index (χ3v) is 4.39. The molecule has 2 heterocycles.